The molecular formula is C15H11FO4. The number of esters is 1. The Kier molecular flexibility index (Phi) is 4.10. The number of hydrogen-bond acceptors (Lipinski definition) is 4. The van der Waals surface area contributed by atoms with Crippen LogP contribution in [0, 0.1) is 5.82 Å². The Hall–Kier alpha value is -2.69. The largest absolute Gasteiger partial charge is 0.493 e. The molecule has 0 N–H and O–H groups in total. The maximum absolute atomic E-state index is 12.8. The molecule has 2 aromatic carbocycles. The molecular weight excluding hydrogens is 263 g/mol. The predicted octanol–water partition coefficient (Wildman–Crippen LogP) is 2.87. The van der Waals surface area contributed by atoms with Gasteiger partial charge in [-0.2, -0.15) is 0 Å². The van der Waals surface area contributed by atoms with Crippen LogP contribution in [0.25, 0.3) is 0 Å². The lowest BCUT2D eigenvalue weighted by Gasteiger charge is -2.09. The molecule has 0 bridgehead atoms. The van der Waals surface area contributed by atoms with Crippen molar-refractivity contribution in [2.75, 3.05) is 7.11 Å². The normalized spacial score (nSPS) is 9.90. The Morgan fingerprint density at radius 1 is 1.10 bits per heavy atom. The zero-order chi connectivity index (χ0) is 14.5. The first-order chi connectivity index (χ1) is 9.63. The van der Waals surface area contributed by atoms with Crippen molar-refractivity contribution >= 4 is 12.3 Å². The third-order valence-corrected chi connectivity index (χ3v) is 2.61. The summed E-state index contributed by atoms with van der Waals surface area (Å²) in [5.74, 6) is -0.617. The average Bonchev–Trinajstić information content (AvgIpc) is 2.48. The lowest BCUT2D eigenvalue weighted by Crippen LogP contribution is -2.09. The summed E-state index contributed by atoms with van der Waals surface area (Å²) >= 11 is 0. The highest BCUT2D eigenvalue weighted by molar-refractivity contribution is 5.91. The summed E-state index contributed by atoms with van der Waals surface area (Å²) < 4.78 is 23.0. The molecule has 0 saturated carbocycles. The van der Waals surface area contributed by atoms with Gasteiger partial charge in [0.1, 0.15) is 12.1 Å². The molecule has 4 nitrogen and oxygen atoms in total. The first-order valence-corrected chi connectivity index (χ1v) is 5.75. The smallest absolute Gasteiger partial charge is 0.343 e. The first-order valence-electron chi connectivity index (χ1n) is 5.75. The number of hydrogen-bond donors (Lipinski definition) is 0. The van der Waals surface area contributed by atoms with E-state index in [1.165, 1.54) is 49.6 Å². The Morgan fingerprint density at radius 2 is 1.80 bits per heavy atom. The van der Waals surface area contributed by atoms with Gasteiger partial charge in [0.25, 0.3) is 0 Å². The zero-order valence-corrected chi connectivity index (χ0v) is 10.6. The van der Waals surface area contributed by atoms with Gasteiger partial charge in [-0.05, 0) is 42.5 Å². The second-order valence-electron chi connectivity index (χ2n) is 3.92. The minimum absolute atomic E-state index is 0.187. The molecule has 2 rings (SSSR count). The highest BCUT2D eigenvalue weighted by atomic mass is 19.1. The topological polar surface area (TPSA) is 52.6 Å². The lowest BCUT2D eigenvalue weighted by atomic mass is 10.2. The van der Waals surface area contributed by atoms with Crippen molar-refractivity contribution < 1.29 is 23.5 Å². The van der Waals surface area contributed by atoms with Crippen molar-refractivity contribution in [1.29, 1.82) is 0 Å². The van der Waals surface area contributed by atoms with Gasteiger partial charge in [-0.15, -0.1) is 0 Å². The average molecular weight is 274 g/mol. The molecule has 0 fully saturated rings. The van der Waals surface area contributed by atoms with Crippen LogP contribution in [0.15, 0.2) is 42.5 Å². The van der Waals surface area contributed by atoms with Crippen molar-refractivity contribution in [3.8, 4) is 11.5 Å². The molecule has 5 heteroatoms. The summed E-state index contributed by atoms with van der Waals surface area (Å²) in [4.78, 5) is 22.5. The van der Waals surface area contributed by atoms with Crippen molar-refractivity contribution in [1.82, 2.24) is 0 Å². The summed E-state index contributed by atoms with van der Waals surface area (Å²) in [6, 6.07) is 9.41. The van der Waals surface area contributed by atoms with E-state index in [9.17, 15) is 14.0 Å². The fraction of sp³-hybridized carbons (Fsp3) is 0.0667. The van der Waals surface area contributed by atoms with Crippen LogP contribution in [0.1, 0.15) is 20.7 Å². The quantitative estimate of drug-likeness (QED) is 0.488. The molecule has 102 valence electrons. The van der Waals surface area contributed by atoms with Crippen molar-refractivity contribution in [2.24, 2.45) is 0 Å². The van der Waals surface area contributed by atoms with Crippen molar-refractivity contribution in [2.45, 2.75) is 0 Å². The van der Waals surface area contributed by atoms with Gasteiger partial charge >= 0.3 is 5.97 Å². The van der Waals surface area contributed by atoms with Crippen LogP contribution in [0.3, 0.4) is 0 Å². The van der Waals surface area contributed by atoms with Crippen LogP contribution in [0.5, 0.6) is 11.5 Å². The van der Waals surface area contributed by atoms with E-state index >= 15 is 0 Å². The molecule has 0 aliphatic carbocycles. The van der Waals surface area contributed by atoms with E-state index in [1.807, 2.05) is 0 Å². The standard InChI is InChI=1S/C15H11FO4/c1-19-14-8-10(9-17)2-7-13(14)20-15(18)11-3-5-12(16)6-4-11/h2-9H,1H3. The van der Waals surface area contributed by atoms with Crippen LogP contribution in [-0.4, -0.2) is 19.4 Å². The lowest BCUT2D eigenvalue weighted by molar-refractivity contribution is 0.0729. The highest BCUT2D eigenvalue weighted by Crippen LogP contribution is 2.28. The molecule has 2 aromatic rings. The number of halogens is 1. The molecule has 0 unspecified atom stereocenters. The Bertz CT molecular complexity index is 635. The molecule has 0 aromatic heterocycles. The van der Waals surface area contributed by atoms with Gasteiger partial charge in [0, 0.05) is 5.56 Å². The molecule has 0 aliphatic rings. The zero-order valence-electron chi connectivity index (χ0n) is 10.6. The van der Waals surface area contributed by atoms with E-state index in [0.29, 0.717) is 11.8 Å². The molecule has 0 aliphatic heterocycles. The summed E-state index contributed by atoms with van der Waals surface area (Å²) in [6.45, 7) is 0. The van der Waals surface area contributed by atoms with Crippen LogP contribution in [0.4, 0.5) is 4.39 Å². The van der Waals surface area contributed by atoms with E-state index < -0.39 is 11.8 Å². The molecule has 0 amide bonds. The third kappa shape index (κ3) is 3.00. The van der Waals surface area contributed by atoms with Crippen molar-refractivity contribution in [3.63, 3.8) is 0 Å². The van der Waals surface area contributed by atoms with Crippen LogP contribution >= 0.6 is 0 Å². The van der Waals surface area contributed by atoms with Crippen LogP contribution < -0.4 is 9.47 Å². The molecule has 0 saturated heterocycles. The third-order valence-electron chi connectivity index (χ3n) is 2.61. The van der Waals surface area contributed by atoms with Crippen LogP contribution in [0.2, 0.25) is 0 Å². The Balaban J connectivity index is 2.23. The van der Waals surface area contributed by atoms with Gasteiger partial charge in [-0.1, -0.05) is 0 Å². The SMILES string of the molecule is COc1cc(C=O)ccc1OC(=O)c1ccc(F)cc1. The number of methoxy groups -OCH3 is 1. The van der Waals surface area contributed by atoms with Gasteiger partial charge in [0.2, 0.25) is 0 Å². The maximum Gasteiger partial charge on any atom is 0.343 e. The Labute approximate surface area is 114 Å². The van der Waals surface area contributed by atoms with Gasteiger partial charge in [-0.25, -0.2) is 9.18 Å². The fourth-order valence-corrected chi connectivity index (χ4v) is 1.59. The predicted molar refractivity (Wildman–Crippen MR) is 69.7 cm³/mol. The summed E-state index contributed by atoms with van der Waals surface area (Å²) in [5.41, 5.74) is 0.622. The molecule has 0 radical (unpaired) electrons. The van der Waals surface area contributed by atoms with E-state index in [0.717, 1.165) is 0 Å². The number of carbonyl (C=O) groups is 2. The van der Waals surface area contributed by atoms with Crippen molar-refractivity contribution in [3.05, 3.63) is 59.4 Å². The van der Waals surface area contributed by atoms with Gasteiger partial charge in [0.05, 0.1) is 12.7 Å². The molecule has 0 atom stereocenters. The second kappa shape index (κ2) is 5.97. The van der Waals surface area contributed by atoms with E-state index in [-0.39, 0.29) is 17.1 Å². The minimum Gasteiger partial charge on any atom is -0.493 e. The summed E-state index contributed by atoms with van der Waals surface area (Å²) in [6.07, 6.45) is 0.661. The van der Waals surface area contributed by atoms with Gasteiger partial charge in [-0.3, -0.25) is 4.79 Å². The number of rotatable bonds is 4. The molecule has 0 spiro atoms. The summed E-state index contributed by atoms with van der Waals surface area (Å²) in [7, 11) is 1.40. The van der Waals surface area contributed by atoms with Crippen LogP contribution in [-0.2, 0) is 0 Å². The monoisotopic (exact) mass is 274 g/mol. The number of ether oxygens (including phenoxy) is 2. The minimum atomic E-state index is -0.637. The van der Waals surface area contributed by atoms with Gasteiger partial charge in [0.15, 0.2) is 11.5 Å². The highest BCUT2D eigenvalue weighted by Gasteiger charge is 2.12. The fourth-order valence-electron chi connectivity index (χ4n) is 1.59. The number of benzene rings is 2. The summed E-state index contributed by atoms with van der Waals surface area (Å²) in [5, 5.41) is 0. The van der Waals surface area contributed by atoms with E-state index in [4.69, 9.17) is 9.47 Å². The van der Waals surface area contributed by atoms with Gasteiger partial charge < -0.3 is 9.47 Å². The first kappa shape index (κ1) is 13.7. The Morgan fingerprint density at radius 3 is 2.40 bits per heavy atom. The maximum atomic E-state index is 12.8. The van der Waals surface area contributed by atoms with E-state index in [2.05, 4.69) is 0 Å². The number of aldehydes is 1. The molecule has 0 heterocycles. The molecule has 20 heavy (non-hydrogen) atoms. The number of carbonyl (C=O) groups excluding carboxylic acids is 2. The second-order valence-corrected chi connectivity index (χ2v) is 3.92. The van der Waals surface area contributed by atoms with E-state index in [1.54, 1.807) is 0 Å².